The van der Waals surface area contributed by atoms with Crippen LogP contribution in [0.3, 0.4) is 0 Å². The van der Waals surface area contributed by atoms with E-state index in [1.165, 1.54) is 4.57 Å². The Morgan fingerprint density at radius 2 is 1.07 bits per heavy atom. The van der Waals surface area contributed by atoms with Crippen LogP contribution in [0.1, 0.15) is 11.7 Å². The first-order valence-corrected chi connectivity index (χ1v) is 13.4. The first-order valence-electron chi connectivity index (χ1n) is 13.4. The molecule has 3 heterocycles. The van der Waals surface area contributed by atoms with Gasteiger partial charge in [-0.15, -0.1) is 0 Å². The van der Waals surface area contributed by atoms with Crippen molar-refractivity contribution >= 4 is 55.8 Å². The fourth-order valence-corrected chi connectivity index (χ4v) is 5.99. The van der Waals surface area contributed by atoms with Crippen molar-refractivity contribution in [3.8, 4) is 11.4 Å². The van der Waals surface area contributed by atoms with Gasteiger partial charge in [0.2, 0.25) is 0 Å². The highest BCUT2D eigenvalue weighted by Crippen LogP contribution is 2.36. The van der Waals surface area contributed by atoms with Gasteiger partial charge in [0.05, 0.1) is 16.7 Å². The third kappa shape index (κ3) is 3.51. The number of hydrogen-bond donors (Lipinski definition) is 0. The number of fused-ring (bicyclic) bond motifs is 6. The van der Waals surface area contributed by atoms with Crippen LogP contribution in [0.25, 0.3) is 54.7 Å². The zero-order valence-electron chi connectivity index (χ0n) is 21.8. The molecule has 0 saturated carbocycles. The molecule has 8 rings (SSSR count). The first kappa shape index (κ1) is 23.3. The van der Waals surface area contributed by atoms with Crippen LogP contribution in [0.5, 0.6) is 0 Å². The molecule has 7 aromatic rings. The predicted octanol–water partition coefficient (Wildman–Crippen LogP) is 6.76. The van der Waals surface area contributed by atoms with Gasteiger partial charge in [-0.05, 0) is 64.9 Å². The molecule has 194 valence electrons. The van der Waals surface area contributed by atoms with E-state index in [-0.39, 0.29) is 17.3 Å². The molecule has 0 fully saturated rings. The van der Waals surface area contributed by atoms with Crippen LogP contribution in [0.4, 0.5) is 0 Å². The van der Waals surface area contributed by atoms with Gasteiger partial charge in [-0.2, -0.15) is 0 Å². The standard InChI is InChI=1S/C35H22N4O2/c40-34-27-12-5-4-10-25(27)28-21-32-29(20-30(28)35(41)39(34)23-8-2-1-3-9-23)26-11-6-7-13-31(26)38(32)24-16-14-22(15-17-24)33-36-18-19-37-33/h1-21,33H. The number of benzene rings is 5. The fraction of sp³-hybridized carbons (Fsp3) is 0.0286. The van der Waals surface area contributed by atoms with Crippen molar-refractivity contribution in [3.05, 3.63) is 142 Å². The molecule has 0 amide bonds. The molecule has 5 aromatic carbocycles. The third-order valence-corrected chi connectivity index (χ3v) is 7.88. The molecule has 0 atom stereocenters. The van der Waals surface area contributed by atoms with Crippen LogP contribution in [0.2, 0.25) is 0 Å². The number of aromatic nitrogens is 2. The van der Waals surface area contributed by atoms with Gasteiger partial charge in [-0.1, -0.05) is 66.7 Å². The zero-order chi connectivity index (χ0) is 27.5. The van der Waals surface area contributed by atoms with E-state index in [1.54, 1.807) is 30.6 Å². The lowest BCUT2D eigenvalue weighted by molar-refractivity contribution is 0.801. The van der Waals surface area contributed by atoms with Crippen LogP contribution in [0.15, 0.2) is 135 Å². The number of hydrogen-bond acceptors (Lipinski definition) is 4. The second kappa shape index (κ2) is 8.96. The van der Waals surface area contributed by atoms with E-state index in [1.807, 2.05) is 54.6 Å². The van der Waals surface area contributed by atoms with E-state index >= 15 is 0 Å². The normalized spacial score (nSPS) is 13.3. The average Bonchev–Trinajstić information content (AvgIpc) is 3.66. The summed E-state index contributed by atoms with van der Waals surface area (Å²) in [6, 6.07) is 37.1. The summed E-state index contributed by atoms with van der Waals surface area (Å²) >= 11 is 0. The van der Waals surface area contributed by atoms with E-state index in [0.717, 1.165) is 43.8 Å². The molecule has 41 heavy (non-hydrogen) atoms. The van der Waals surface area contributed by atoms with E-state index < -0.39 is 0 Å². The highest BCUT2D eigenvalue weighted by atomic mass is 16.2. The predicted molar refractivity (Wildman–Crippen MR) is 167 cm³/mol. The SMILES string of the molecule is O=c1c2ccccc2c2cc3c(cc2c(=O)n1-c1ccccc1)c1ccccc1n3-c1ccc(C2N=CC=N2)cc1. The molecule has 1 aliphatic heterocycles. The van der Waals surface area contributed by atoms with Crippen molar-refractivity contribution in [1.82, 2.24) is 9.13 Å². The molecule has 0 spiro atoms. The Morgan fingerprint density at radius 1 is 0.463 bits per heavy atom. The van der Waals surface area contributed by atoms with Gasteiger partial charge in [-0.3, -0.25) is 19.6 Å². The highest BCUT2D eigenvalue weighted by molar-refractivity contribution is 6.18. The summed E-state index contributed by atoms with van der Waals surface area (Å²) in [5.74, 6) is 0. The van der Waals surface area contributed by atoms with Crippen molar-refractivity contribution in [1.29, 1.82) is 0 Å². The highest BCUT2D eigenvalue weighted by Gasteiger charge is 2.18. The van der Waals surface area contributed by atoms with Gasteiger partial charge in [0.15, 0.2) is 6.17 Å². The summed E-state index contributed by atoms with van der Waals surface area (Å²) < 4.78 is 3.51. The minimum Gasteiger partial charge on any atom is -0.309 e. The van der Waals surface area contributed by atoms with Crippen LogP contribution in [-0.4, -0.2) is 21.6 Å². The monoisotopic (exact) mass is 530 g/mol. The van der Waals surface area contributed by atoms with E-state index in [9.17, 15) is 9.59 Å². The molecule has 0 radical (unpaired) electrons. The first-order chi connectivity index (χ1) is 20.2. The number of para-hydroxylation sites is 2. The molecular weight excluding hydrogens is 508 g/mol. The Morgan fingerprint density at radius 3 is 1.83 bits per heavy atom. The Bertz CT molecular complexity index is 2340. The van der Waals surface area contributed by atoms with Crippen LogP contribution >= 0.6 is 0 Å². The summed E-state index contributed by atoms with van der Waals surface area (Å²) in [5, 5.41) is 4.44. The van der Waals surface area contributed by atoms with Gasteiger partial charge < -0.3 is 4.57 Å². The molecule has 0 N–H and O–H groups in total. The maximum atomic E-state index is 14.2. The third-order valence-electron chi connectivity index (χ3n) is 7.88. The zero-order valence-corrected chi connectivity index (χ0v) is 21.8. The molecule has 2 aromatic heterocycles. The van der Waals surface area contributed by atoms with Crippen LogP contribution < -0.4 is 11.1 Å². The average molecular weight is 531 g/mol. The molecule has 1 aliphatic rings. The summed E-state index contributed by atoms with van der Waals surface area (Å²) in [4.78, 5) is 36.9. The minimum atomic E-state index is -0.340. The Hall–Kier alpha value is -5.62. The fourth-order valence-electron chi connectivity index (χ4n) is 5.99. The topological polar surface area (TPSA) is 68.7 Å². The van der Waals surface area contributed by atoms with Gasteiger partial charge in [0.1, 0.15) is 0 Å². The van der Waals surface area contributed by atoms with Gasteiger partial charge in [-0.25, -0.2) is 4.57 Å². The minimum absolute atomic E-state index is 0.203. The summed E-state index contributed by atoms with van der Waals surface area (Å²) in [7, 11) is 0. The Labute approximate surface area is 233 Å². The lowest BCUT2D eigenvalue weighted by Gasteiger charge is -2.10. The lowest BCUT2D eigenvalue weighted by Crippen LogP contribution is -2.28. The van der Waals surface area contributed by atoms with Crippen molar-refractivity contribution < 1.29 is 0 Å². The van der Waals surface area contributed by atoms with Crippen molar-refractivity contribution in [2.45, 2.75) is 6.17 Å². The summed E-state index contributed by atoms with van der Waals surface area (Å²) in [5.41, 5.74) is 3.87. The second-order valence-electron chi connectivity index (χ2n) is 10.2. The van der Waals surface area contributed by atoms with E-state index in [4.69, 9.17) is 0 Å². The summed E-state index contributed by atoms with van der Waals surface area (Å²) in [6.07, 6.45) is 3.24. The number of aliphatic imine (C=N–C) groups is 2. The van der Waals surface area contributed by atoms with Gasteiger partial charge in [0.25, 0.3) is 11.1 Å². The second-order valence-corrected chi connectivity index (χ2v) is 10.2. The molecule has 6 nitrogen and oxygen atoms in total. The molecule has 0 unspecified atom stereocenters. The van der Waals surface area contributed by atoms with E-state index in [0.29, 0.717) is 16.5 Å². The van der Waals surface area contributed by atoms with Crippen LogP contribution in [-0.2, 0) is 0 Å². The molecule has 0 saturated heterocycles. The number of nitrogens with zero attached hydrogens (tertiary/aromatic N) is 4. The smallest absolute Gasteiger partial charge is 0.265 e. The van der Waals surface area contributed by atoms with Crippen molar-refractivity contribution in [2.75, 3.05) is 0 Å². The Balaban J connectivity index is 1.51. The molecule has 0 bridgehead atoms. The Kier molecular flexibility index (Phi) is 5.09. The molecular formula is C35H22N4O2. The van der Waals surface area contributed by atoms with Gasteiger partial charge >= 0.3 is 0 Å². The van der Waals surface area contributed by atoms with E-state index in [2.05, 4.69) is 57.0 Å². The quantitative estimate of drug-likeness (QED) is 0.253. The maximum Gasteiger partial charge on any atom is 0.265 e. The number of rotatable bonds is 3. The lowest BCUT2D eigenvalue weighted by atomic mass is 10.0. The maximum absolute atomic E-state index is 14.2. The largest absolute Gasteiger partial charge is 0.309 e. The van der Waals surface area contributed by atoms with Crippen molar-refractivity contribution in [3.63, 3.8) is 0 Å². The molecule has 6 heteroatoms. The molecule has 0 aliphatic carbocycles. The summed E-state index contributed by atoms with van der Waals surface area (Å²) in [6.45, 7) is 0. The van der Waals surface area contributed by atoms with Gasteiger partial charge in [0, 0.05) is 39.7 Å². The van der Waals surface area contributed by atoms with Crippen LogP contribution in [0, 0.1) is 0 Å². The van der Waals surface area contributed by atoms with Crippen molar-refractivity contribution in [2.24, 2.45) is 9.98 Å².